The molecule has 4 rings (SSSR count). The Labute approximate surface area is 201 Å². The predicted molar refractivity (Wildman–Crippen MR) is 129 cm³/mol. The van der Waals surface area contributed by atoms with Gasteiger partial charge in [0.05, 0.1) is 42.6 Å². The Balaban J connectivity index is 1.62. The standard InChI is InChI=1S/C24H23ClN4O3S/c1-3-32-23(31)21-15(2)28-24-29(22(21)18-9-4-5-10-19(18)25)17(14-33-24)12-20(30)27-13-16-8-6-7-11-26-16/h4-11,14,22H,3,12-13H2,1-2H3,(H,27,30)/t22-/m0/s1. The van der Waals surface area contributed by atoms with Gasteiger partial charge in [0.25, 0.3) is 0 Å². The van der Waals surface area contributed by atoms with Gasteiger partial charge in [-0.1, -0.05) is 47.6 Å². The molecule has 2 aliphatic heterocycles. The molecule has 0 aliphatic carbocycles. The van der Waals surface area contributed by atoms with Gasteiger partial charge in [0.15, 0.2) is 5.17 Å². The van der Waals surface area contributed by atoms with Crippen LogP contribution in [0.5, 0.6) is 0 Å². The number of esters is 1. The van der Waals surface area contributed by atoms with E-state index in [1.807, 2.05) is 46.7 Å². The Morgan fingerprint density at radius 2 is 2.00 bits per heavy atom. The summed E-state index contributed by atoms with van der Waals surface area (Å²) in [4.78, 5) is 36.5. The van der Waals surface area contributed by atoms with Crippen molar-refractivity contribution in [2.75, 3.05) is 6.61 Å². The van der Waals surface area contributed by atoms with E-state index < -0.39 is 12.0 Å². The zero-order valence-electron chi connectivity index (χ0n) is 18.2. The van der Waals surface area contributed by atoms with Crippen LogP contribution >= 0.6 is 23.4 Å². The molecule has 0 saturated carbocycles. The molecule has 0 unspecified atom stereocenters. The number of nitrogens with one attached hydrogen (secondary N) is 1. The maximum atomic E-state index is 12.9. The molecule has 9 heteroatoms. The van der Waals surface area contributed by atoms with Crippen molar-refractivity contribution in [1.82, 2.24) is 15.2 Å². The van der Waals surface area contributed by atoms with Gasteiger partial charge in [-0.05, 0) is 43.0 Å². The lowest BCUT2D eigenvalue weighted by atomic mass is 9.93. The van der Waals surface area contributed by atoms with Gasteiger partial charge in [0.2, 0.25) is 5.91 Å². The Hall–Kier alpha value is -3.10. The van der Waals surface area contributed by atoms with Crippen molar-refractivity contribution in [3.8, 4) is 0 Å². The molecule has 170 valence electrons. The summed E-state index contributed by atoms with van der Waals surface area (Å²) in [5.74, 6) is -0.603. The highest BCUT2D eigenvalue weighted by Gasteiger charge is 2.41. The predicted octanol–water partition coefficient (Wildman–Crippen LogP) is 4.58. The van der Waals surface area contributed by atoms with Gasteiger partial charge in [0, 0.05) is 16.9 Å². The number of ether oxygens (including phenoxy) is 1. The van der Waals surface area contributed by atoms with Crippen molar-refractivity contribution < 1.29 is 14.3 Å². The van der Waals surface area contributed by atoms with Crippen LogP contribution in [0.4, 0.5) is 0 Å². The maximum Gasteiger partial charge on any atom is 0.338 e. The monoisotopic (exact) mass is 482 g/mol. The van der Waals surface area contributed by atoms with Gasteiger partial charge in [-0.15, -0.1) is 0 Å². The first-order valence-corrected chi connectivity index (χ1v) is 11.8. The largest absolute Gasteiger partial charge is 0.463 e. The van der Waals surface area contributed by atoms with Crippen LogP contribution < -0.4 is 5.32 Å². The van der Waals surface area contributed by atoms with E-state index in [2.05, 4.69) is 15.3 Å². The summed E-state index contributed by atoms with van der Waals surface area (Å²) in [6.45, 7) is 4.13. The second-order valence-corrected chi connectivity index (χ2v) is 8.65. The number of hydrogen-bond acceptors (Lipinski definition) is 7. The Bertz CT molecular complexity index is 1160. The quantitative estimate of drug-likeness (QED) is 0.581. The molecule has 1 N–H and O–H groups in total. The van der Waals surface area contributed by atoms with Crippen LogP contribution in [0.15, 0.2) is 76.0 Å². The van der Waals surface area contributed by atoms with Gasteiger partial charge < -0.3 is 15.0 Å². The number of carbonyl (C=O) groups excluding carboxylic acids is 2. The van der Waals surface area contributed by atoms with Crippen LogP contribution in [0.2, 0.25) is 5.02 Å². The maximum absolute atomic E-state index is 12.9. The third-order valence-corrected chi connectivity index (χ3v) is 6.46. The van der Waals surface area contributed by atoms with Crippen LogP contribution in [0.3, 0.4) is 0 Å². The lowest BCUT2D eigenvalue weighted by Crippen LogP contribution is -2.38. The fourth-order valence-corrected chi connectivity index (χ4v) is 4.95. The molecule has 3 heterocycles. The third-order valence-electron chi connectivity index (χ3n) is 5.23. The van der Waals surface area contributed by atoms with E-state index in [0.717, 1.165) is 17.0 Å². The van der Waals surface area contributed by atoms with Crippen molar-refractivity contribution in [3.63, 3.8) is 0 Å². The van der Waals surface area contributed by atoms with Crippen molar-refractivity contribution in [2.45, 2.75) is 32.9 Å². The number of aliphatic imine (C=N–C) groups is 1. The first kappa shape index (κ1) is 23.1. The van der Waals surface area contributed by atoms with E-state index in [1.165, 1.54) is 11.8 Å². The number of carbonyl (C=O) groups is 2. The van der Waals surface area contributed by atoms with Crippen molar-refractivity contribution in [1.29, 1.82) is 0 Å². The van der Waals surface area contributed by atoms with E-state index in [9.17, 15) is 9.59 Å². The molecule has 0 saturated heterocycles. The normalized spacial score (nSPS) is 17.3. The summed E-state index contributed by atoms with van der Waals surface area (Å²) >= 11 is 7.98. The Kier molecular flexibility index (Phi) is 7.15. The molecule has 7 nitrogen and oxygen atoms in total. The third kappa shape index (κ3) is 4.96. The van der Waals surface area contributed by atoms with Crippen LogP contribution in [-0.4, -0.2) is 33.5 Å². The minimum absolute atomic E-state index is 0.120. The number of halogens is 1. The van der Waals surface area contributed by atoms with Gasteiger partial charge in [-0.3, -0.25) is 9.78 Å². The van der Waals surface area contributed by atoms with Gasteiger partial charge in [-0.2, -0.15) is 0 Å². The SMILES string of the molecule is CCOC(=O)C1=C(C)N=C2SC=C(CC(=O)NCc3ccccn3)N2[C@H]1c1ccccc1Cl. The van der Waals surface area contributed by atoms with Crippen LogP contribution in [0.25, 0.3) is 0 Å². The van der Waals surface area contributed by atoms with Gasteiger partial charge >= 0.3 is 5.97 Å². The number of thioether (sulfide) groups is 1. The number of hydrogen-bond donors (Lipinski definition) is 1. The number of fused-ring (bicyclic) bond motifs is 1. The van der Waals surface area contributed by atoms with Crippen LogP contribution in [0, 0.1) is 0 Å². The van der Waals surface area contributed by atoms with E-state index in [4.69, 9.17) is 16.3 Å². The zero-order valence-corrected chi connectivity index (χ0v) is 19.8. The van der Waals surface area contributed by atoms with Crippen molar-refractivity contribution in [2.24, 2.45) is 4.99 Å². The number of allylic oxidation sites excluding steroid dienone is 1. The van der Waals surface area contributed by atoms with Crippen LogP contribution in [0.1, 0.15) is 37.6 Å². The molecule has 0 bridgehead atoms. The summed E-state index contributed by atoms with van der Waals surface area (Å²) in [5, 5.41) is 6.01. The number of rotatable bonds is 7. The molecule has 0 radical (unpaired) electrons. The van der Waals surface area contributed by atoms with E-state index >= 15 is 0 Å². The number of pyridine rings is 1. The number of amidine groups is 1. The van der Waals surface area contributed by atoms with Crippen LogP contribution in [-0.2, 0) is 20.9 Å². The highest BCUT2D eigenvalue weighted by molar-refractivity contribution is 8.16. The molecular formula is C24H23ClN4O3S. The van der Waals surface area contributed by atoms with E-state index in [-0.39, 0.29) is 18.9 Å². The second-order valence-electron chi connectivity index (χ2n) is 7.41. The molecule has 33 heavy (non-hydrogen) atoms. The smallest absolute Gasteiger partial charge is 0.338 e. The van der Waals surface area contributed by atoms with Gasteiger partial charge in [-0.25, -0.2) is 9.79 Å². The summed E-state index contributed by atoms with van der Waals surface area (Å²) in [5.41, 5.74) is 3.24. The Morgan fingerprint density at radius 1 is 1.21 bits per heavy atom. The van der Waals surface area contributed by atoms with Crippen molar-refractivity contribution >= 4 is 40.4 Å². The number of benzene rings is 1. The number of nitrogens with zero attached hydrogens (tertiary/aromatic N) is 3. The van der Waals surface area contributed by atoms with Gasteiger partial charge in [0.1, 0.15) is 0 Å². The average Bonchev–Trinajstić information content (AvgIpc) is 3.20. The number of amides is 1. The summed E-state index contributed by atoms with van der Waals surface area (Å²) < 4.78 is 5.35. The molecule has 1 aromatic carbocycles. The lowest BCUT2D eigenvalue weighted by molar-refractivity contribution is -0.139. The minimum atomic E-state index is -0.546. The second kappa shape index (κ2) is 10.2. The first-order valence-electron chi connectivity index (χ1n) is 10.5. The van der Waals surface area contributed by atoms with E-state index in [1.54, 1.807) is 26.1 Å². The van der Waals surface area contributed by atoms with E-state index in [0.29, 0.717) is 28.0 Å². The highest BCUT2D eigenvalue weighted by atomic mass is 35.5. The minimum Gasteiger partial charge on any atom is -0.463 e. The number of aromatic nitrogens is 1. The first-order chi connectivity index (χ1) is 16.0. The molecular weight excluding hydrogens is 460 g/mol. The molecule has 1 aromatic heterocycles. The fraction of sp³-hybridized carbons (Fsp3) is 0.250. The zero-order chi connectivity index (χ0) is 23.4. The van der Waals surface area contributed by atoms with Crippen molar-refractivity contribution in [3.05, 3.63) is 87.3 Å². The molecule has 2 aliphatic rings. The fourth-order valence-electron chi connectivity index (χ4n) is 3.75. The lowest BCUT2D eigenvalue weighted by Gasteiger charge is -2.36. The average molecular weight is 483 g/mol. The topological polar surface area (TPSA) is 83.9 Å². The molecule has 0 spiro atoms. The highest BCUT2D eigenvalue weighted by Crippen LogP contribution is 2.46. The molecule has 0 fully saturated rings. The molecule has 1 atom stereocenters. The summed E-state index contributed by atoms with van der Waals surface area (Å²) in [6.07, 6.45) is 1.81. The Morgan fingerprint density at radius 3 is 2.73 bits per heavy atom. The summed E-state index contributed by atoms with van der Waals surface area (Å²) in [6, 6.07) is 12.4. The summed E-state index contributed by atoms with van der Waals surface area (Å²) in [7, 11) is 0. The molecule has 2 aromatic rings. The molecule has 1 amide bonds.